The maximum absolute atomic E-state index is 13.9. The highest BCUT2D eigenvalue weighted by Gasteiger charge is 2.07. The molecule has 0 saturated carbocycles. The zero-order chi connectivity index (χ0) is 13.8. The van der Waals surface area contributed by atoms with Crippen LogP contribution in [0, 0.1) is 5.82 Å². The fourth-order valence-electron chi connectivity index (χ4n) is 1.96. The van der Waals surface area contributed by atoms with Crippen LogP contribution in [0.1, 0.15) is 10.4 Å². The SMILES string of the molecule is Fc1ccc(CNCc2cncs2)cc1-c1cccs1. The first-order valence-electron chi connectivity index (χ1n) is 6.23. The monoisotopic (exact) mass is 304 g/mol. The lowest BCUT2D eigenvalue weighted by Crippen LogP contribution is -2.11. The van der Waals surface area contributed by atoms with E-state index in [2.05, 4.69) is 10.3 Å². The van der Waals surface area contributed by atoms with Gasteiger partial charge in [0.2, 0.25) is 0 Å². The molecule has 0 unspecified atom stereocenters. The molecule has 2 nitrogen and oxygen atoms in total. The molecule has 2 aromatic heterocycles. The molecule has 3 rings (SSSR count). The fraction of sp³-hybridized carbons (Fsp3) is 0.133. The summed E-state index contributed by atoms with van der Waals surface area (Å²) in [5, 5.41) is 5.31. The van der Waals surface area contributed by atoms with Gasteiger partial charge in [0, 0.05) is 34.6 Å². The third-order valence-corrected chi connectivity index (χ3v) is 4.61. The van der Waals surface area contributed by atoms with Crippen molar-refractivity contribution in [3.63, 3.8) is 0 Å². The van der Waals surface area contributed by atoms with Crippen molar-refractivity contribution in [1.82, 2.24) is 10.3 Å². The van der Waals surface area contributed by atoms with Crippen LogP contribution in [0.3, 0.4) is 0 Å². The number of thiophene rings is 1. The van der Waals surface area contributed by atoms with Gasteiger partial charge < -0.3 is 5.32 Å². The average molecular weight is 304 g/mol. The van der Waals surface area contributed by atoms with Gasteiger partial charge >= 0.3 is 0 Å². The first kappa shape index (κ1) is 13.4. The highest BCUT2D eigenvalue weighted by molar-refractivity contribution is 7.13. The van der Waals surface area contributed by atoms with Crippen molar-refractivity contribution in [3.8, 4) is 10.4 Å². The second-order valence-corrected chi connectivity index (χ2v) is 6.28. The van der Waals surface area contributed by atoms with Gasteiger partial charge in [0.25, 0.3) is 0 Å². The zero-order valence-electron chi connectivity index (χ0n) is 10.7. The average Bonchev–Trinajstić information content (AvgIpc) is 3.13. The smallest absolute Gasteiger partial charge is 0.131 e. The lowest BCUT2D eigenvalue weighted by molar-refractivity contribution is 0.629. The van der Waals surface area contributed by atoms with Crippen molar-refractivity contribution in [2.24, 2.45) is 0 Å². The Labute approximate surface area is 124 Å². The molecular weight excluding hydrogens is 291 g/mol. The van der Waals surface area contributed by atoms with Crippen molar-refractivity contribution in [2.45, 2.75) is 13.1 Å². The van der Waals surface area contributed by atoms with Gasteiger partial charge in [0.05, 0.1) is 5.51 Å². The van der Waals surface area contributed by atoms with E-state index in [-0.39, 0.29) is 5.82 Å². The van der Waals surface area contributed by atoms with Crippen molar-refractivity contribution in [1.29, 1.82) is 0 Å². The zero-order valence-corrected chi connectivity index (χ0v) is 12.3. The number of nitrogens with zero attached hydrogens (tertiary/aromatic N) is 1. The highest BCUT2D eigenvalue weighted by Crippen LogP contribution is 2.28. The Bertz CT molecular complexity index is 663. The van der Waals surface area contributed by atoms with Crippen LogP contribution in [0.5, 0.6) is 0 Å². The third kappa shape index (κ3) is 3.12. The number of rotatable bonds is 5. The lowest BCUT2D eigenvalue weighted by Gasteiger charge is -2.06. The van der Waals surface area contributed by atoms with Gasteiger partial charge in [-0.2, -0.15) is 0 Å². The Kier molecular flexibility index (Phi) is 4.20. The molecule has 102 valence electrons. The summed E-state index contributed by atoms with van der Waals surface area (Å²) in [5.41, 5.74) is 3.58. The number of aromatic nitrogens is 1. The van der Waals surface area contributed by atoms with E-state index in [9.17, 15) is 4.39 Å². The summed E-state index contributed by atoms with van der Waals surface area (Å²) in [6.07, 6.45) is 1.86. The first-order chi connectivity index (χ1) is 9.83. The van der Waals surface area contributed by atoms with Crippen LogP contribution >= 0.6 is 22.7 Å². The molecule has 2 heterocycles. The van der Waals surface area contributed by atoms with Crippen molar-refractivity contribution >= 4 is 22.7 Å². The van der Waals surface area contributed by atoms with Gasteiger partial charge in [0.15, 0.2) is 0 Å². The minimum Gasteiger partial charge on any atom is -0.308 e. The van der Waals surface area contributed by atoms with E-state index >= 15 is 0 Å². The minimum absolute atomic E-state index is 0.168. The Hall–Kier alpha value is -1.56. The molecule has 0 aliphatic rings. The number of nitrogens with one attached hydrogen (secondary N) is 1. The van der Waals surface area contributed by atoms with Crippen molar-refractivity contribution in [3.05, 3.63) is 63.7 Å². The second kappa shape index (κ2) is 6.26. The van der Waals surface area contributed by atoms with Crippen molar-refractivity contribution in [2.75, 3.05) is 0 Å². The summed E-state index contributed by atoms with van der Waals surface area (Å²) in [6, 6.07) is 9.16. The summed E-state index contributed by atoms with van der Waals surface area (Å²) in [4.78, 5) is 6.20. The van der Waals surface area contributed by atoms with Gasteiger partial charge in [-0.25, -0.2) is 4.39 Å². The summed E-state index contributed by atoms with van der Waals surface area (Å²) in [5.74, 6) is -0.168. The van der Waals surface area contributed by atoms with Gasteiger partial charge in [0.1, 0.15) is 5.82 Å². The molecule has 0 spiro atoms. The van der Waals surface area contributed by atoms with Crippen LogP contribution in [0.2, 0.25) is 0 Å². The Morgan fingerprint density at radius 1 is 1.15 bits per heavy atom. The van der Waals surface area contributed by atoms with Gasteiger partial charge in [-0.15, -0.1) is 22.7 Å². The number of thiazole rings is 1. The highest BCUT2D eigenvalue weighted by atomic mass is 32.1. The fourth-order valence-corrected chi connectivity index (χ4v) is 3.27. The van der Waals surface area contributed by atoms with Crippen LogP contribution in [0.25, 0.3) is 10.4 Å². The Balaban J connectivity index is 1.69. The molecule has 0 atom stereocenters. The van der Waals surface area contributed by atoms with E-state index in [1.165, 1.54) is 4.88 Å². The van der Waals surface area contributed by atoms with Gasteiger partial charge in [-0.05, 0) is 29.1 Å². The maximum Gasteiger partial charge on any atom is 0.131 e. The summed E-state index contributed by atoms with van der Waals surface area (Å²) in [7, 11) is 0. The molecule has 0 aliphatic carbocycles. The van der Waals surface area contributed by atoms with E-state index in [1.54, 1.807) is 28.7 Å². The molecule has 3 aromatic rings. The van der Waals surface area contributed by atoms with Crippen LogP contribution in [0.15, 0.2) is 47.4 Å². The Morgan fingerprint density at radius 2 is 2.10 bits per heavy atom. The van der Waals surface area contributed by atoms with Crippen LogP contribution in [-0.2, 0) is 13.1 Å². The largest absolute Gasteiger partial charge is 0.308 e. The predicted octanol–water partition coefficient (Wildman–Crippen LogP) is 4.30. The van der Waals surface area contributed by atoms with E-state index in [0.717, 1.165) is 23.5 Å². The quantitative estimate of drug-likeness (QED) is 0.760. The normalized spacial score (nSPS) is 10.8. The summed E-state index contributed by atoms with van der Waals surface area (Å²) < 4.78 is 13.9. The number of hydrogen-bond donors (Lipinski definition) is 1. The summed E-state index contributed by atoms with van der Waals surface area (Å²) in [6.45, 7) is 1.51. The predicted molar refractivity (Wildman–Crippen MR) is 82.4 cm³/mol. The van der Waals surface area contributed by atoms with Gasteiger partial charge in [-0.1, -0.05) is 12.1 Å². The van der Waals surface area contributed by atoms with E-state index < -0.39 is 0 Å². The van der Waals surface area contributed by atoms with Crippen LogP contribution < -0.4 is 5.32 Å². The molecule has 0 radical (unpaired) electrons. The van der Waals surface area contributed by atoms with Crippen LogP contribution in [0.4, 0.5) is 4.39 Å². The van der Waals surface area contributed by atoms with E-state index in [0.29, 0.717) is 5.56 Å². The van der Waals surface area contributed by atoms with Gasteiger partial charge in [-0.3, -0.25) is 4.98 Å². The maximum atomic E-state index is 13.9. The minimum atomic E-state index is -0.168. The summed E-state index contributed by atoms with van der Waals surface area (Å²) >= 11 is 3.18. The molecule has 5 heteroatoms. The number of hydrogen-bond acceptors (Lipinski definition) is 4. The standard InChI is InChI=1S/C15H13FN2S2/c16-14-4-3-11(6-13(14)15-2-1-5-19-15)7-17-8-12-9-18-10-20-12/h1-6,9-10,17H,7-8H2. The Morgan fingerprint density at radius 3 is 2.85 bits per heavy atom. The molecular formula is C15H13FN2S2. The first-order valence-corrected chi connectivity index (χ1v) is 7.99. The molecule has 0 fully saturated rings. The lowest BCUT2D eigenvalue weighted by atomic mass is 10.1. The van der Waals surface area contributed by atoms with Crippen molar-refractivity contribution < 1.29 is 4.39 Å². The molecule has 0 aliphatic heterocycles. The number of benzene rings is 1. The molecule has 0 amide bonds. The molecule has 0 saturated heterocycles. The second-order valence-electron chi connectivity index (χ2n) is 4.36. The third-order valence-electron chi connectivity index (χ3n) is 2.93. The molecule has 20 heavy (non-hydrogen) atoms. The molecule has 0 bridgehead atoms. The van der Waals surface area contributed by atoms with E-state index in [1.807, 2.05) is 41.4 Å². The van der Waals surface area contributed by atoms with Crippen LogP contribution in [-0.4, -0.2) is 4.98 Å². The van der Waals surface area contributed by atoms with E-state index in [4.69, 9.17) is 0 Å². The number of halogens is 1. The molecule has 1 aromatic carbocycles. The topological polar surface area (TPSA) is 24.9 Å². The molecule has 1 N–H and O–H groups in total.